The summed E-state index contributed by atoms with van der Waals surface area (Å²) in [5.41, 5.74) is 1.64. The first-order valence-corrected chi connectivity index (χ1v) is 11.5. The van der Waals surface area contributed by atoms with Crippen LogP contribution in [0.1, 0.15) is 52.9 Å². The molecule has 160 valence electrons. The van der Waals surface area contributed by atoms with Gasteiger partial charge in [-0.25, -0.2) is 0 Å². The van der Waals surface area contributed by atoms with Gasteiger partial charge in [0.05, 0.1) is 12.3 Å². The molecule has 5 N–H and O–H groups in total. The third-order valence-electron chi connectivity index (χ3n) is 7.64. The second-order valence-corrected chi connectivity index (χ2v) is 9.65. The van der Waals surface area contributed by atoms with Crippen LogP contribution >= 0.6 is 0 Å². The molecule has 8 unspecified atom stereocenters. The molecule has 0 aromatic heterocycles. The molecule has 4 rings (SSSR count). The van der Waals surface area contributed by atoms with Crippen molar-refractivity contribution in [1.29, 1.82) is 0 Å². The summed E-state index contributed by atoms with van der Waals surface area (Å²) in [6.07, 6.45) is 9.41. The van der Waals surface area contributed by atoms with E-state index in [1.165, 1.54) is 25.7 Å². The summed E-state index contributed by atoms with van der Waals surface area (Å²) in [5, 5.41) is 18.3. The maximum atomic E-state index is 6.32. The van der Waals surface area contributed by atoms with Crippen LogP contribution in [0.25, 0.3) is 0 Å². The molecule has 9 atom stereocenters. The van der Waals surface area contributed by atoms with Gasteiger partial charge in [0.25, 0.3) is 0 Å². The van der Waals surface area contributed by atoms with Crippen LogP contribution in [-0.2, 0) is 4.74 Å². The van der Waals surface area contributed by atoms with Gasteiger partial charge in [0, 0.05) is 37.2 Å². The van der Waals surface area contributed by atoms with Gasteiger partial charge in [-0.3, -0.25) is 16.0 Å². The van der Waals surface area contributed by atoms with Crippen molar-refractivity contribution < 1.29 is 4.74 Å². The van der Waals surface area contributed by atoms with Crippen molar-refractivity contribution >= 4 is 0 Å². The molecule has 0 bridgehead atoms. The van der Waals surface area contributed by atoms with Crippen molar-refractivity contribution in [3.8, 4) is 0 Å². The quantitative estimate of drug-likeness (QED) is 0.468. The van der Waals surface area contributed by atoms with E-state index in [9.17, 15) is 0 Å². The van der Waals surface area contributed by atoms with Crippen molar-refractivity contribution in [2.75, 3.05) is 20.2 Å². The topological polar surface area (TPSA) is 69.4 Å². The van der Waals surface area contributed by atoms with Crippen LogP contribution in [0.5, 0.6) is 0 Å². The molecular weight excluding hydrogens is 350 g/mol. The van der Waals surface area contributed by atoms with Crippen LogP contribution in [0.3, 0.4) is 0 Å². The van der Waals surface area contributed by atoms with Gasteiger partial charge in [-0.2, -0.15) is 0 Å². The third-order valence-corrected chi connectivity index (χ3v) is 7.64. The fourth-order valence-corrected chi connectivity index (χ4v) is 5.98. The molecule has 0 aromatic carbocycles. The van der Waals surface area contributed by atoms with E-state index in [1.807, 2.05) is 7.05 Å². The molecule has 6 nitrogen and oxygen atoms in total. The van der Waals surface area contributed by atoms with Gasteiger partial charge in [0.2, 0.25) is 0 Å². The van der Waals surface area contributed by atoms with Crippen LogP contribution in [0.4, 0.5) is 0 Å². The van der Waals surface area contributed by atoms with E-state index in [4.69, 9.17) is 4.74 Å². The summed E-state index contributed by atoms with van der Waals surface area (Å²) in [4.78, 5) is 0. The van der Waals surface area contributed by atoms with Crippen LogP contribution in [-0.4, -0.2) is 56.9 Å². The minimum absolute atomic E-state index is 0.165. The van der Waals surface area contributed by atoms with Gasteiger partial charge >= 0.3 is 0 Å². The second-order valence-electron chi connectivity index (χ2n) is 9.65. The number of nitrogens with one attached hydrogen (secondary N) is 5. The highest BCUT2D eigenvalue weighted by Gasteiger charge is 2.47. The largest absolute Gasteiger partial charge is 0.377 e. The first-order valence-electron chi connectivity index (χ1n) is 11.5. The fourth-order valence-electron chi connectivity index (χ4n) is 5.98. The van der Waals surface area contributed by atoms with E-state index in [0.29, 0.717) is 48.1 Å². The zero-order valence-electron chi connectivity index (χ0n) is 18.1. The highest BCUT2D eigenvalue weighted by Crippen LogP contribution is 2.45. The van der Waals surface area contributed by atoms with E-state index in [0.717, 1.165) is 19.6 Å². The SMILES string of the molecule is CNC1CC(C)NC(NC2CC3CCOC3C(C3=CCN[C@H](C)CC3)C2C)N1. The van der Waals surface area contributed by atoms with Gasteiger partial charge < -0.3 is 15.4 Å². The van der Waals surface area contributed by atoms with Crippen molar-refractivity contribution in [2.45, 2.75) is 89.6 Å². The van der Waals surface area contributed by atoms with Crippen molar-refractivity contribution in [3.05, 3.63) is 11.6 Å². The predicted octanol–water partition coefficient (Wildman–Crippen LogP) is 1.50. The average Bonchev–Trinajstić information content (AvgIpc) is 3.02. The van der Waals surface area contributed by atoms with Crippen molar-refractivity contribution in [2.24, 2.45) is 17.8 Å². The summed E-state index contributed by atoms with van der Waals surface area (Å²) < 4.78 is 6.32. The number of hydrogen-bond acceptors (Lipinski definition) is 6. The van der Waals surface area contributed by atoms with Gasteiger partial charge in [-0.05, 0) is 64.8 Å². The molecule has 3 fully saturated rings. The lowest BCUT2D eigenvalue weighted by Crippen LogP contribution is -2.69. The molecule has 0 spiro atoms. The molecule has 4 aliphatic rings. The fraction of sp³-hybridized carbons (Fsp3) is 0.909. The van der Waals surface area contributed by atoms with Gasteiger partial charge in [0.15, 0.2) is 0 Å². The van der Waals surface area contributed by atoms with Crippen LogP contribution < -0.4 is 26.6 Å². The Morgan fingerprint density at radius 3 is 2.75 bits per heavy atom. The van der Waals surface area contributed by atoms with Crippen LogP contribution in [0.2, 0.25) is 0 Å². The Bertz CT molecular complexity index is 555. The lowest BCUT2D eigenvalue weighted by atomic mass is 9.66. The standard InChI is InChI=1S/C22H41N5O/c1-13-5-6-16(7-9-24-13)20-15(3)18(12-17-8-10-28-21(17)20)26-22-25-14(2)11-19(23-4)27-22/h7,13-15,17-27H,5-6,8-12H2,1-4H3/t13-,14?,15?,17?,18?,19?,20?,21?,22?/m1/s1. The van der Waals surface area contributed by atoms with Gasteiger partial charge in [0.1, 0.15) is 6.29 Å². The highest BCUT2D eigenvalue weighted by atomic mass is 16.5. The Labute approximate surface area is 171 Å². The summed E-state index contributed by atoms with van der Waals surface area (Å²) >= 11 is 0. The summed E-state index contributed by atoms with van der Waals surface area (Å²) in [7, 11) is 2.04. The zero-order chi connectivity index (χ0) is 19.7. The summed E-state index contributed by atoms with van der Waals surface area (Å²) in [6, 6.07) is 1.62. The second kappa shape index (κ2) is 9.11. The predicted molar refractivity (Wildman–Crippen MR) is 114 cm³/mol. The van der Waals surface area contributed by atoms with E-state index < -0.39 is 0 Å². The van der Waals surface area contributed by atoms with Crippen molar-refractivity contribution in [3.63, 3.8) is 0 Å². The Kier molecular flexibility index (Phi) is 6.75. The first-order chi connectivity index (χ1) is 13.5. The smallest absolute Gasteiger partial charge is 0.113 e. The summed E-state index contributed by atoms with van der Waals surface area (Å²) in [6.45, 7) is 8.97. The molecule has 1 saturated carbocycles. The maximum absolute atomic E-state index is 6.32. The number of rotatable bonds is 4. The Hall–Kier alpha value is -0.500. The number of fused-ring (bicyclic) bond motifs is 1. The molecule has 3 heterocycles. The minimum atomic E-state index is 0.165. The van der Waals surface area contributed by atoms with E-state index in [-0.39, 0.29) is 6.29 Å². The number of ether oxygens (including phenoxy) is 1. The first kappa shape index (κ1) is 20.8. The Balaban J connectivity index is 1.48. The number of hydrogen-bond donors (Lipinski definition) is 5. The third kappa shape index (κ3) is 4.47. The van der Waals surface area contributed by atoms with E-state index in [1.54, 1.807) is 5.57 Å². The normalized spacial score (nSPS) is 47.3. The molecule has 1 aliphatic carbocycles. The minimum Gasteiger partial charge on any atom is -0.377 e. The lowest BCUT2D eigenvalue weighted by Gasteiger charge is -2.47. The maximum Gasteiger partial charge on any atom is 0.113 e. The lowest BCUT2D eigenvalue weighted by molar-refractivity contribution is -0.00958. The van der Waals surface area contributed by atoms with E-state index in [2.05, 4.69) is 53.4 Å². The molecule has 0 aromatic rings. The monoisotopic (exact) mass is 391 g/mol. The highest BCUT2D eigenvalue weighted by molar-refractivity contribution is 5.17. The van der Waals surface area contributed by atoms with Crippen molar-refractivity contribution in [1.82, 2.24) is 26.6 Å². The van der Waals surface area contributed by atoms with Gasteiger partial charge in [-0.1, -0.05) is 18.6 Å². The van der Waals surface area contributed by atoms with Crippen LogP contribution in [0, 0.1) is 17.8 Å². The Morgan fingerprint density at radius 1 is 1.07 bits per heavy atom. The molecule has 2 saturated heterocycles. The Morgan fingerprint density at radius 2 is 1.93 bits per heavy atom. The molecule has 3 aliphatic heterocycles. The molecular formula is C22H41N5O. The molecule has 28 heavy (non-hydrogen) atoms. The summed E-state index contributed by atoms with van der Waals surface area (Å²) in [5.74, 6) is 1.81. The molecule has 0 radical (unpaired) electrons. The van der Waals surface area contributed by atoms with Crippen LogP contribution in [0.15, 0.2) is 11.6 Å². The molecule has 6 heteroatoms. The average molecular weight is 392 g/mol. The van der Waals surface area contributed by atoms with Gasteiger partial charge in [-0.15, -0.1) is 0 Å². The molecule has 0 amide bonds. The zero-order valence-corrected chi connectivity index (χ0v) is 18.1. The van der Waals surface area contributed by atoms with E-state index >= 15 is 0 Å².